The van der Waals surface area contributed by atoms with E-state index in [-0.39, 0.29) is 24.1 Å². The number of carbonyl (C=O) groups is 2. The number of aromatic nitrogens is 2. The van der Waals surface area contributed by atoms with Gasteiger partial charge >= 0.3 is 5.97 Å². The number of aliphatic carboxylic acids is 1. The summed E-state index contributed by atoms with van der Waals surface area (Å²) >= 11 is 0. The predicted octanol–water partition coefficient (Wildman–Crippen LogP) is 1.63. The van der Waals surface area contributed by atoms with Crippen LogP contribution in [0.25, 0.3) is 0 Å². The van der Waals surface area contributed by atoms with Crippen molar-refractivity contribution in [2.45, 2.75) is 32.4 Å². The fourth-order valence-corrected chi connectivity index (χ4v) is 3.06. The molecule has 8 nitrogen and oxygen atoms in total. The molecule has 0 aliphatic carbocycles. The quantitative estimate of drug-likeness (QED) is 0.849. The van der Waals surface area contributed by atoms with Gasteiger partial charge < -0.3 is 10.4 Å². The molecule has 2 N–H and O–H groups in total. The highest BCUT2D eigenvalue weighted by Gasteiger charge is 2.36. The lowest BCUT2D eigenvalue weighted by Gasteiger charge is -2.19. The number of rotatable bonds is 5. The van der Waals surface area contributed by atoms with E-state index < -0.39 is 12.0 Å². The van der Waals surface area contributed by atoms with Gasteiger partial charge in [-0.1, -0.05) is 18.2 Å². The summed E-state index contributed by atoms with van der Waals surface area (Å²) in [5.41, 5.74) is 2.59. The number of carbonyl (C=O) groups excluding carboxylic acids is 1. The average Bonchev–Trinajstić information content (AvgIpc) is 3.19. The van der Waals surface area contributed by atoms with E-state index in [4.69, 9.17) is 0 Å². The number of nitrogens with one attached hydrogen (secondary N) is 1. The van der Waals surface area contributed by atoms with Crippen LogP contribution >= 0.6 is 0 Å². The number of amides is 1. The highest BCUT2D eigenvalue weighted by atomic mass is 16.4. The van der Waals surface area contributed by atoms with Crippen molar-refractivity contribution in [3.05, 3.63) is 47.8 Å². The minimum Gasteiger partial charge on any atom is -0.480 e. The Balaban J connectivity index is 1.78. The normalized spacial score (nSPS) is 17.7. The van der Waals surface area contributed by atoms with E-state index in [0.717, 1.165) is 11.3 Å². The van der Waals surface area contributed by atoms with Gasteiger partial charge in [-0.25, -0.2) is 4.79 Å². The van der Waals surface area contributed by atoms with Gasteiger partial charge in [-0.3, -0.25) is 14.5 Å². The van der Waals surface area contributed by atoms with Gasteiger partial charge in [-0.05, 0) is 26.0 Å². The number of hydrogen-bond acceptors (Lipinski definition) is 5. The van der Waals surface area contributed by atoms with Crippen LogP contribution in [0.5, 0.6) is 0 Å². The molecule has 2 atom stereocenters. The van der Waals surface area contributed by atoms with Crippen molar-refractivity contribution >= 4 is 23.3 Å². The van der Waals surface area contributed by atoms with E-state index in [9.17, 15) is 14.7 Å². The van der Waals surface area contributed by atoms with Crippen molar-refractivity contribution in [1.82, 2.24) is 15.1 Å². The smallest absolute Gasteiger partial charge is 0.328 e. The first-order valence-electron chi connectivity index (χ1n) is 8.32. The Morgan fingerprint density at radius 1 is 1.31 bits per heavy atom. The van der Waals surface area contributed by atoms with Crippen molar-refractivity contribution in [3.8, 4) is 0 Å². The first kappa shape index (κ1) is 17.7. The third-order valence-corrected chi connectivity index (χ3v) is 4.34. The summed E-state index contributed by atoms with van der Waals surface area (Å²) in [6.07, 6.45) is 1.90. The number of hydrazone groups is 1. The van der Waals surface area contributed by atoms with E-state index in [1.807, 2.05) is 33.2 Å². The van der Waals surface area contributed by atoms with Gasteiger partial charge in [-0.15, -0.1) is 0 Å². The summed E-state index contributed by atoms with van der Waals surface area (Å²) in [7, 11) is 1.82. The van der Waals surface area contributed by atoms with Crippen LogP contribution in [0.15, 0.2) is 41.6 Å². The van der Waals surface area contributed by atoms with E-state index in [1.54, 1.807) is 28.9 Å². The van der Waals surface area contributed by atoms with Crippen molar-refractivity contribution < 1.29 is 14.7 Å². The Hall–Kier alpha value is -3.16. The molecule has 0 radical (unpaired) electrons. The third kappa shape index (κ3) is 3.44. The van der Waals surface area contributed by atoms with Gasteiger partial charge in [0.2, 0.25) is 0 Å². The zero-order chi connectivity index (χ0) is 18.8. The predicted molar refractivity (Wildman–Crippen MR) is 96.9 cm³/mol. The zero-order valence-electron chi connectivity index (χ0n) is 14.9. The fraction of sp³-hybridized carbons (Fsp3) is 0.333. The second-order valence-corrected chi connectivity index (χ2v) is 6.32. The maximum absolute atomic E-state index is 12.6. The summed E-state index contributed by atoms with van der Waals surface area (Å²) in [6.45, 7) is 3.74. The number of nitrogens with zero attached hydrogens (tertiary/aromatic N) is 4. The molecule has 1 aromatic heterocycles. The van der Waals surface area contributed by atoms with E-state index in [0.29, 0.717) is 5.69 Å². The molecule has 1 aromatic carbocycles. The molecule has 2 heterocycles. The molecule has 26 heavy (non-hydrogen) atoms. The standard InChI is InChI=1S/C18H21N5O3/c1-11(14-10-22(3)20-12(14)2)19-17(24)15-9-16(18(25)26)23(21-15)13-7-5-4-6-8-13/h4-8,10-11,16H,9H2,1-3H3,(H,19,24)(H,25,26). The van der Waals surface area contributed by atoms with Crippen LogP contribution in [0.3, 0.4) is 0 Å². The summed E-state index contributed by atoms with van der Waals surface area (Å²) in [5, 5.41) is 22.3. The second kappa shape index (κ2) is 6.99. The number of benzene rings is 1. The maximum atomic E-state index is 12.6. The van der Waals surface area contributed by atoms with Crippen LogP contribution < -0.4 is 10.3 Å². The Bertz CT molecular complexity index is 859. The van der Waals surface area contributed by atoms with Gasteiger partial charge in [0, 0.05) is 25.2 Å². The van der Waals surface area contributed by atoms with Gasteiger partial charge in [0.05, 0.1) is 17.4 Å². The van der Waals surface area contributed by atoms with Crippen LogP contribution in [0.1, 0.15) is 30.6 Å². The van der Waals surface area contributed by atoms with E-state index >= 15 is 0 Å². The lowest BCUT2D eigenvalue weighted by molar-refractivity contribution is -0.138. The molecule has 1 aliphatic rings. The van der Waals surface area contributed by atoms with Crippen LogP contribution in [0, 0.1) is 6.92 Å². The molecule has 2 unspecified atom stereocenters. The van der Waals surface area contributed by atoms with Crippen molar-refractivity contribution in [2.75, 3.05) is 5.01 Å². The SMILES string of the molecule is Cc1nn(C)cc1C(C)NC(=O)C1=NN(c2ccccc2)C(C(=O)O)C1. The largest absolute Gasteiger partial charge is 0.480 e. The molecule has 136 valence electrons. The maximum Gasteiger partial charge on any atom is 0.328 e. The van der Waals surface area contributed by atoms with Crippen LogP contribution in [0.2, 0.25) is 0 Å². The summed E-state index contributed by atoms with van der Waals surface area (Å²) in [5.74, 6) is -1.39. The van der Waals surface area contributed by atoms with Crippen LogP contribution in [-0.4, -0.2) is 38.5 Å². The average molecular weight is 355 g/mol. The minimum absolute atomic E-state index is 0.0504. The Kier molecular flexibility index (Phi) is 4.75. The lowest BCUT2D eigenvalue weighted by Crippen LogP contribution is -2.36. The number of carboxylic acids is 1. The van der Waals surface area contributed by atoms with Gasteiger partial charge in [0.1, 0.15) is 5.71 Å². The monoisotopic (exact) mass is 355 g/mol. The number of anilines is 1. The van der Waals surface area contributed by atoms with Gasteiger partial charge in [0.15, 0.2) is 6.04 Å². The molecule has 2 aromatic rings. The molecule has 3 rings (SSSR count). The molecule has 0 spiro atoms. The number of aryl methyl sites for hydroxylation is 2. The topological polar surface area (TPSA) is 99.8 Å². The Labute approximate surface area is 151 Å². The van der Waals surface area contributed by atoms with Gasteiger partial charge in [0.25, 0.3) is 5.91 Å². The third-order valence-electron chi connectivity index (χ3n) is 4.34. The fourth-order valence-electron chi connectivity index (χ4n) is 3.06. The molecule has 0 saturated carbocycles. The highest BCUT2D eigenvalue weighted by molar-refractivity contribution is 6.40. The Morgan fingerprint density at radius 2 is 2.00 bits per heavy atom. The molecule has 8 heteroatoms. The first-order valence-corrected chi connectivity index (χ1v) is 8.32. The van der Waals surface area contributed by atoms with Crippen molar-refractivity contribution in [3.63, 3.8) is 0 Å². The lowest BCUT2D eigenvalue weighted by atomic mass is 10.1. The number of carboxylic acid groups (broad SMARTS) is 1. The summed E-state index contributed by atoms with van der Waals surface area (Å²) < 4.78 is 1.69. The molecule has 0 fully saturated rings. The van der Waals surface area contributed by atoms with Crippen molar-refractivity contribution in [1.29, 1.82) is 0 Å². The van der Waals surface area contributed by atoms with Crippen LogP contribution in [-0.2, 0) is 16.6 Å². The number of hydrogen-bond donors (Lipinski definition) is 2. The molecule has 1 aliphatic heterocycles. The molecule has 1 amide bonds. The van der Waals surface area contributed by atoms with Crippen LogP contribution in [0.4, 0.5) is 5.69 Å². The number of para-hydroxylation sites is 1. The minimum atomic E-state index is -1.02. The summed E-state index contributed by atoms with van der Waals surface area (Å²) in [6, 6.07) is 7.82. The first-order chi connectivity index (χ1) is 12.4. The molecule has 0 saturated heterocycles. The highest BCUT2D eigenvalue weighted by Crippen LogP contribution is 2.25. The molecular formula is C18H21N5O3. The van der Waals surface area contributed by atoms with E-state index in [2.05, 4.69) is 15.5 Å². The summed E-state index contributed by atoms with van der Waals surface area (Å²) in [4.78, 5) is 24.2. The molecular weight excluding hydrogens is 334 g/mol. The van der Waals surface area contributed by atoms with E-state index in [1.165, 1.54) is 5.01 Å². The van der Waals surface area contributed by atoms with Crippen molar-refractivity contribution in [2.24, 2.45) is 12.1 Å². The van der Waals surface area contributed by atoms with Gasteiger partial charge in [-0.2, -0.15) is 10.2 Å². The zero-order valence-corrected chi connectivity index (χ0v) is 14.9. The second-order valence-electron chi connectivity index (χ2n) is 6.32. The molecule has 0 bridgehead atoms. The Morgan fingerprint density at radius 3 is 2.58 bits per heavy atom.